The molecule has 0 aromatic carbocycles. The van der Waals surface area contributed by atoms with Crippen molar-refractivity contribution in [1.29, 1.82) is 0 Å². The smallest absolute Gasteiger partial charge is 0.318 e. The Hall–Kier alpha value is -1.89. The quantitative estimate of drug-likeness (QED) is 0.903. The van der Waals surface area contributed by atoms with Gasteiger partial charge in [-0.1, -0.05) is 5.10 Å². The summed E-state index contributed by atoms with van der Waals surface area (Å²) >= 11 is 0. The summed E-state index contributed by atoms with van der Waals surface area (Å²) in [6.07, 6.45) is 1.65. The van der Waals surface area contributed by atoms with Gasteiger partial charge in [-0.3, -0.25) is 0 Å². The third-order valence-electron chi connectivity index (χ3n) is 3.86. The summed E-state index contributed by atoms with van der Waals surface area (Å²) in [6, 6.07) is 4.54. The van der Waals surface area contributed by atoms with E-state index in [0.717, 1.165) is 6.54 Å². The molecule has 3 rings (SSSR count). The minimum atomic E-state index is -0.848. The van der Waals surface area contributed by atoms with Crippen molar-refractivity contribution >= 4 is 6.01 Å². The number of alkyl halides is 1. The number of anilines is 1. The van der Waals surface area contributed by atoms with Crippen molar-refractivity contribution in [3.05, 3.63) is 29.9 Å². The number of nitrogens with zero attached hydrogens (tertiary/aromatic N) is 4. The van der Waals surface area contributed by atoms with Crippen LogP contribution in [0.15, 0.2) is 22.7 Å². The summed E-state index contributed by atoms with van der Waals surface area (Å²) in [5.74, 6) is 0.503. The Morgan fingerprint density at radius 3 is 3.00 bits per heavy atom. The Morgan fingerprint density at radius 2 is 2.33 bits per heavy atom. The molecule has 2 aromatic heterocycles. The van der Waals surface area contributed by atoms with Gasteiger partial charge in [0.1, 0.15) is 6.17 Å². The average molecular weight is 293 g/mol. The van der Waals surface area contributed by atoms with E-state index < -0.39 is 6.17 Å². The van der Waals surface area contributed by atoms with Gasteiger partial charge < -0.3 is 19.2 Å². The first-order valence-corrected chi connectivity index (χ1v) is 7.15. The first-order valence-electron chi connectivity index (χ1n) is 7.15. The van der Waals surface area contributed by atoms with Crippen molar-refractivity contribution in [2.24, 2.45) is 7.05 Å². The number of hydrogen-bond acceptors (Lipinski definition) is 5. The fraction of sp³-hybridized carbons (Fsp3) is 0.571. The SMILES string of the molecule is Cc1nnc(N2C[C@@H](F)C[C@H]2CNCc2cccn2C)o1. The van der Waals surface area contributed by atoms with E-state index >= 15 is 0 Å². The van der Waals surface area contributed by atoms with Crippen molar-refractivity contribution < 1.29 is 8.81 Å². The summed E-state index contributed by atoms with van der Waals surface area (Å²) in [4.78, 5) is 1.86. The summed E-state index contributed by atoms with van der Waals surface area (Å²) in [5, 5.41) is 11.2. The van der Waals surface area contributed by atoms with Crippen LogP contribution >= 0.6 is 0 Å². The molecule has 0 aliphatic carbocycles. The van der Waals surface area contributed by atoms with Crippen molar-refractivity contribution in [3.8, 4) is 0 Å². The van der Waals surface area contributed by atoms with E-state index in [0.29, 0.717) is 31.4 Å². The van der Waals surface area contributed by atoms with Gasteiger partial charge in [0.15, 0.2) is 0 Å². The van der Waals surface area contributed by atoms with Gasteiger partial charge in [-0.15, -0.1) is 5.10 Å². The lowest BCUT2D eigenvalue weighted by atomic mass is 10.2. The largest absolute Gasteiger partial charge is 0.408 e. The average Bonchev–Trinajstić information content (AvgIpc) is 3.12. The highest BCUT2D eigenvalue weighted by Crippen LogP contribution is 2.25. The maximum absolute atomic E-state index is 13.7. The van der Waals surface area contributed by atoms with E-state index in [4.69, 9.17) is 4.42 Å². The predicted octanol–water partition coefficient (Wildman–Crippen LogP) is 1.42. The van der Waals surface area contributed by atoms with E-state index in [2.05, 4.69) is 26.1 Å². The van der Waals surface area contributed by atoms with E-state index in [-0.39, 0.29) is 6.04 Å². The fourth-order valence-electron chi connectivity index (χ4n) is 2.74. The van der Waals surface area contributed by atoms with Crippen LogP contribution in [0.5, 0.6) is 0 Å². The molecule has 21 heavy (non-hydrogen) atoms. The lowest BCUT2D eigenvalue weighted by molar-refractivity contribution is 0.354. The van der Waals surface area contributed by atoms with Crippen LogP contribution in [0.4, 0.5) is 10.4 Å². The van der Waals surface area contributed by atoms with Crippen LogP contribution in [-0.4, -0.2) is 40.1 Å². The Labute approximate surface area is 122 Å². The number of nitrogens with one attached hydrogen (secondary N) is 1. The second kappa shape index (κ2) is 5.85. The summed E-state index contributed by atoms with van der Waals surface area (Å²) in [5.41, 5.74) is 1.20. The molecule has 0 bridgehead atoms. The Balaban J connectivity index is 1.59. The molecule has 0 amide bonds. The fourth-order valence-corrected chi connectivity index (χ4v) is 2.74. The van der Waals surface area contributed by atoms with E-state index in [9.17, 15) is 4.39 Å². The van der Waals surface area contributed by atoms with Gasteiger partial charge in [0.05, 0.1) is 6.54 Å². The van der Waals surface area contributed by atoms with Gasteiger partial charge in [-0.05, 0) is 12.1 Å². The molecule has 6 nitrogen and oxygen atoms in total. The number of hydrogen-bond donors (Lipinski definition) is 1. The van der Waals surface area contributed by atoms with E-state index in [1.807, 2.05) is 24.2 Å². The Kier molecular flexibility index (Phi) is 3.92. The highest BCUT2D eigenvalue weighted by atomic mass is 19.1. The molecule has 1 aliphatic rings. The molecule has 7 heteroatoms. The molecule has 2 aromatic rings. The molecule has 1 saturated heterocycles. The van der Waals surface area contributed by atoms with Gasteiger partial charge >= 0.3 is 6.01 Å². The molecule has 3 heterocycles. The molecular formula is C14H20FN5O. The highest BCUT2D eigenvalue weighted by Gasteiger charge is 2.34. The van der Waals surface area contributed by atoms with Gasteiger partial charge in [0, 0.05) is 51.4 Å². The zero-order valence-electron chi connectivity index (χ0n) is 12.3. The summed E-state index contributed by atoms with van der Waals surface area (Å²) in [7, 11) is 2.01. The molecule has 2 atom stereocenters. The summed E-state index contributed by atoms with van der Waals surface area (Å²) in [6.45, 7) is 3.50. The van der Waals surface area contributed by atoms with Crippen LogP contribution in [0.3, 0.4) is 0 Å². The minimum Gasteiger partial charge on any atom is -0.408 e. The van der Waals surface area contributed by atoms with Gasteiger partial charge in [-0.25, -0.2) is 4.39 Å². The molecule has 0 spiro atoms. The third kappa shape index (κ3) is 3.07. The molecular weight excluding hydrogens is 273 g/mol. The van der Waals surface area contributed by atoms with Crippen LogP contribution in [-0.2, 0) is 13.6 Å². The zero-order chi connectivity index (χ0) is 14.8. The van der Waals surface area contributed by atoms with Crippen molar-refractivity contribution in [2.75, 3.05) is 18.0 Å². The Morgan fingerprint density at radius 1 is 1.48 bits per heavy atom. The molecule has 0 unspecified atom stereocenters. The topological polar surface area (TPSA) is 59.1 Å². The zero-order valence-corrected chi connectivity index (χ0v) is 12.3. The first-order chi connectivity index (χ1) is 10.1. The van der Waals surface area contributed by atoms with E-state index in [1.54, 1.807) is 6.92 Å². The number of halogens is 1. The van der Waals surface area contributed by atoms with Gasteiger partial charge in [-0.2, -0.15) is 0 Å². The maximum atomic E-state index is 13.7. The van der Waals surface area contributed by atoms with Crippen LogP contribution in [0, 0.1) is 6.92 Å². The highest BCUT2D eigenvalue weighted by molar-refractivity contribution is 5.30. The normalized spacial score (nSPS) is 22.1. The number of aryl methyl sites for hydroxylation is 2. The molecule has 0 saturated carbocycles. The molecule has 1 N–H and O–H groups in total. The van der Waals surface area contributed by atoms with Crippen LogP contribution < -0.4 is 10.2 Å². The van der Waals surface area contributed by atoms with Crippen molar-refractivity contribution in [1.82, 2.24) is 20.1 Å². The summed E-state index contributed by atoms with van der Waals surface area (Å²) < 4.78 is 21.2. The lowest BCUT2D eigenvalue weighted by Crippen LogP contribution is -2.38. The number of aromatic nitrogens is 3. The van der Waals surface area contributed by atoms with Crippen LogP contribution in [0.1, 0.15) is 18.0 Å². The second-order valence-electron chi connectivity index (χ2n) is 5.48. The van der Waals surface area contributed by atoms with Crippen molar-refractivity contribution in [2.45, 2.75) is 32.1 Å². The standard InChI is InChI=1S/C14H20FN5O/c1-10-17-18-14(21-10)20-9-11(15)6-13(20)8-16-7-12-4-3-5-19(12)2/h3-5,11,13,16H,6-9H2,1-2H3/t11-,13-/m0/s1. The van der Waals surface area contributed by atoms with Gasteiger partial charge in [0.25, 0.3) is 0 Å². The minimum absolute atomic E-state index is 0.0418. The number of rotatable bonds is 5. The van der Waals surface area contributed by atoms with Crippen molar-refractivity contribution in [3.63, 3.8) is 0 Å². The first kappa shape index (κ1) is 14.1. The van der Waals surface area contributed by atoms with Crippen LogP contribution in [0.2, 0.25) is 0 Å². The molecule has 1 aliphatic heterocycles. The third-order valence-corrected chi connectivity index (χ3v) is 3.86. The molecule has 1 fully saturated rings. The monoisotopic (exact) mass is 293 g/mol. The molecule has 0 radical (unpaired) electrons. The van der Waals surface area contributed by atoms with E-state index in [1.165, 1.54) is 5.69 Å². The maximum Gasteiger partial charge on any atom is 0.318 e. The Bertz CT molecular complexity index is 596. The van der Waals surface area contributed by atoms with Gasteiger partial charge in [0.2, 0.25) is 5.89 Å². The lowest BCUT2D eigenvalue weighted by Gasteiger charge is -2.22. The predicted molar refractivity (Wildman–Crippen MR) is 76.8 cm³/mol. The van der Waals surface area contributed by atoms with Crippen LogP contribution in [0.25, 0.3) is 0 Å². The second-order valence-corrected chi connectivity index (χ2v) is 5.48. The molecule has 114 valence electrons.